The predicted octanol–water partition coefficient (Wildman–Crippen LogP) is 2.90. The standard InChI is InChI=1S/C22H26N2O3/c1-26-20-10-7-18(8-11-20)9-12-22(25)23-21(19-5-3-2-4-6-19)17-24-13-15-27-16-14-24/h2-12,21H,13-17H2,1H3,(H,23,25)/b12-9+/t21-/m1/s1. The summed E-state index contributed by atoms with van der Waals surface area (Å²) in [6, 6.07) is 17.6. The molecule has 1 saturated heterocycles. The first kappa shape index (κ1) is 19.1. The van der Waals surface area contributed by atoms with E-state index in [-0.39, 0.29) is 11.9 Å². The van der Waals surface area contributed by atoms with Crippen molar-refractivity contribution in [3.63, 3.8) is 0 Å². The molecule has 1 fully saturated rings. The van der Waals surface area contributed by atoms with Gasteiger partial charge in [-0.05, 0) is 29.3 Å². The molecule has 27 heavy (non-hydrogen) atoms. The van der Waals surface area contributed by atoms with Crippen molar-refractivity contribution in [1.82, 2.24) is 10.2 Å². The number of carbonyl (C=O) groups is 1. The average Bonchev–Trinajstić information content (AvgIpc) is 2.73. The molecule has 0 radical (unpaired) electrons. The molecule has 0 saturated carbocycles. The Labute approximate surface area is 160 Å². The minimum atomic E-state index is -0.104. The number of methoxy groups -OCH3 is 1. The van der Waals surface area contributed by atoms with E-state index in [9.17, 15) is 4.79 Å². The fourth-order valence-corrected chi connectivity index (χ4v) is 3.07. The molecule has 3 rings (SSSR count). The zero-order valence-electron chi connectivity index (χ0n) is 15.6. The predicted molar refractivity (Wildman–Crippen MR) is 107 cm³/mol. The largest absolute Gasteiger partial charge is 0.497 e. The SMILES string of the molecule is COc1ccc(/C=C/C(=O)N[C@H](CN2CCOCC2)c2ccccc2)cc1. The quantitative estimate of drug-likeness (QED) is 0.766. The monoisotopic (exact) mass is 366 g/mol. The Morgan fingerprint density at radius 3 is 2.52 bits per heavy atom. The molecular weight excluding hydrogens is 340 g/mol. The van der Waals surface area contributed by atoms with Crippen LogP contribution in [0.15, 0.2) is 60.7 Å². The molecule has 0 aliphatic carbocycles. The molecule has 1 aliphatic heterocycles. The Kier molecular flexibility index (Phi) is 7.02. The summed E-state index contributed by atoms with van der Waals surface area (Å²) in [6.07, 6.45) is 3.39. The van der Waals surface area contributed by atoms with Crippen molar-refractivity contribution >= 4 is 12.0 Å². The van der Waals surface area contributed by atoms with Gasteiger partial charge in [-0.2, -0.15) is 0 Å². The van der Waals surface area contributed by atoms with Crippen molar-refractivity contribution in [2.24, 2.45) is 0 Å². The van der Waals surface area contributed by atoms with Crippen LogP contribution in [0.4, 0.5) is 0 Å². The number of hydrogen-bond donors (Lipinski definition) is 1. The maximum absolute atomic E-state index is 12.5. The van der Waals surface area contributed by atoms with Gasteiger partial charge < -0.3 is 14.8 Å². The average molecular weight is 366 g/mol. The number of rotatable bonds is 7. The number of amides is 1. The number of nitrogens with one attached hydrogen (secondary N) is 1. The summed E-state index contributed by atoms with van der Waals surface area (Å²) in [4.78, 5) is 14.8. The number of hydrogen-bond acceptors (Lipinski definition) is 4. The van der Waals surface area contributed by atoms with Crippen LogP contribution in [0.3, 0.4) is 0 Å². The Morgan fingerprint density at radius 2 is 1.85 bits per heavy atom. The number of nitrogens with zero attached hydrogens (tertiary/aromatic N) is 1. The van der Waals surface area contributed by atoms with Crippen LogP contribution in [0, 0.1) is 0 Å². The zero-order valence-corrected chi connectivity index (χ0v) is 15.6. The smallest absolute Gasteiger partial charge is 0.244 e. The minimum absolute atomic E-state index is 0.0580. The first-order chi connectivity index (χ1) is 13.2. The van der Waals surface area contributed by atoms with Crippen molar-refractivity contribution in [2.45, 2.75) is 6.04 Å². The van der Waals surface area contributed by atoms with Crippen LogP contribution in [0.5, 0.6) is 5.75 Å². The van der Waals surface area contributed by atoms with Gasteiger partial charge in [-0.1, -0.05) is 42.5 Å². The van der Waals surface area contributed by atoms with E-state index in [1.54, 1.807) is 13.2 Å². The summed E-state index contributed by atoms with van der Waals surface area (Å²) in [5, 5.41) is 3.14. The Balaban J connectivity index is 1.64. The van der Waals surface area contributed by atoms with Gasteiger partial charge in [0, 0.05) is 25.7 Å². The third-order valence-corrected chi connectivity index (χ3v) is 4.61. The van der Waals surface area contributed by atoms with Gasteiger partial charge in [-0.15, -0.1) is 0 Å². The summed E-state index contributed by atoms with van der Waals surface area (Å²) >= 11 is 0. The molecule has 1 amide bonds. The minimum Gasteiger partial charge on any atom is -0.497 e. The molecule has 142 valence electrons. The van der Waals surface area contributed by atoms with Gasteiger partial charge in [0.05, 0.1) is 26.4 Å². The van der Waals surface area contributed by atoms with Crippen molar-refractivity contribution in [3.05, 3.63) is 71.8 Å². The first-order valence-electron chi connectivity index (χ1n) is 9.22. The molecule has 1 atom stereocenters. The Bertz CT molecular complexity index is 738. The van der Waals surface area contributed by atoms with Crippen molar-refractivity contribution in [3.8, 4) is 5.75 Å². The van der Waals surface area contributed by atoms with Gasteiger partial charge in [-0.25, -0.2) is 0 Å². The van der Waals surface area contributed by atoms with E-state index in [1.165, 1.54) is 0 Å². The van der Waals surface area contributed by atoms with Gasteiger partial charge in [0.15, 0.2) is 0 Å². The van der Waals surface area contributed by atoms with Gasteiger partial charge in [0.2, 0.25) is 5.91 Å². The van der Waals surface area contributed by atoms with Crippen LogP contribution in [-0.2, 0) is 9.53 Å². The number of morpholine rings is 1. The molecule has 1 N–H and O–H groups in total. The highest BCUT2D eigenvalue weighted by atomic mass is 16.5. The van der Waals surface area contributed by atoms with Crippen molar-refractivity contribution < 1.29 is 14.3 Å². The zero-order chi connectivity index (χ0) is 18.9. The molecular formula is C22H26N2O3. The topological polar surface area (TPSA) is 50.8 Å². The second kappa shape index (κ2) is 9.90. The van der Waals surface area contributed by atoms with Gasteiger partial charge >= 0.3 is 0 Å². The third kappa shape index (κ3) is 5.94. The lowest BCUT2D eigenvalue weighted by Gasteiger charge is -2.31. The van der Waals surface area contributed by atoms with E-state index in [4.69, 9.17) is 9.47 Å². The highest BCUT2D eigenvalue weighted by molar-refractivity contribution is 5.92. The Morgan fingerprint density at radius 1 is 1.15 bits per heavy atom. The molecule has 0 spiro atoms. The first-order valence-corrected chi connectivity index (χ1v) is 9.22. The van der Waals surface area contributed by atoms with E-state index in [2.05, 4.69) is 22.3 Å². The number of ether oxygens (including phenoxy) is 2. The summed E-state index contributed by atoms with van der Waals surface area (Å²) < 4.78 is 10.6. The van der Waals surface area contributed by atoms with E-state index < -0.39 is 0 Å². The van der Waals surface area contributed by atoms with Crippen LogP contribution in [-0.4, -0.2) is 50.8 Å². The van der Waals surface area contributed by atoms with E-state index in [0.29, 0.717) is 0 Å². The number of benzene rings is 2. The molecule has 5 heteroatoms. The summed E-state index contributed by atoms with van der Waals surface area (Å²) in [5.74, 6) is 0.694. The van der Waals surface area contributed by atoms with Crippen molar-refractivity contribution in [2.75, 3.05) is 40.0 Å². The van der Waals surface area contributed by atoms with Crippen LogP contribution < -0.4 is 10.1 Å². The normalized spacial score (nSPS) is 16.2. The second-order valence-corrected chi connectivity index (χ2v) is 6.49. The molecule has 2 aromatic rings. The lowest BCUT2D eigenvalue weighted by molar-refractivity contribution is -0.117. The van der Waals surface area contributed by atoms with Gasteiger partial charge in [-0.3, -0.25) is 9.69 Å². The molecule has 1 aliphatic rings. The van der Waals surface area contributed by atoms with Crippen LogP contribution in [0.1, 0.15) is 17.2 Å². The van der Waals surface area contributed by atoms with E-state index >= 15 is 0 Å². The Hall–Kier alpha value is -2.63. The van der Waals surface area contributed by atoms with Crippen LogP contribution in [0.2, 0.25) is 0 Å². The van der Waals surface area contributed by atoms with E-state index in [0.717, 1.165) is 49.7 Å². The summed E-state index contributed by atoms with van der Waals surface area (Å²) in [7, 11) is 1.64. The fourth-order valence-electron chi connectivity index (χ4n) is 3.07. The van der Waals surface area contributed by atoms with Crippen molar-refractivity contribution in [1.29, 1.82) is 0 Å². The highest BCUT2D eigenvalue weighted by Crippen LogP contribution is 2.16. The summed E-state index contributed by atoms with van der Waals surface area (Å²) in [6.45, 7) is 4.04. The lowest BCUT2D eigenvalue weighted by atomic mass is 10.1. The molecule has 0 unspecified atom stereocenters. The third-order valence-electron chi connectivity index (χ3n) is 4.61. The number of carbonyl (C=O) groups excluding carboxylic acids is 1. The summed E-state index contributed by atoms with van der Waals surface area (Å²) in [5.41, 5.74) is 2.06. The molecule has 5 nitrogen and oxygen atoms in total. The van der Waals surface area contributed by atoms with Gasteiger partial charge in [0.1, 0.15) is 5.75 Å². The molecule has 0 bridgehead atoms. The van der Waals surface area contributed by atoms with E-state index in [1.807, 2.05) is 48.5 Å². The maximum atomic E-state index is 12.5. The lowest BCUT2D eigenvalue weighted by Crippen LogP contribution is -2.42. The molecule has 0 aromatic heterocycles. The fraction of sp³-hybridized carbons (Fsp3) is 0.318. The maximum Gasteiger partial charge on any atom is 0.244 e. The highest BCUT2D eigenvalue weighted by Gasteiger charge is 2.19. The molecule has 1 heterocycles. The second-order valence-electron chi connectivity index (χ2n) is 6.49. The van der Waals surface area contributed by atoms with Crippen LogP contribution >= 0.6 is 0 Å². The molecule has 2 aromatic carbocycles. The van der Waals surface area contributed by atoms with Crippen LogP contribution in [0.25, 0.3) is 6.08 Å². The van der Waals surface area contributed by atoms with Gasteiger partial charge in [0.25, 0.3) is 0 Å².